The third-order valence-electron chi connectivity index (χ3n) is 3.69. The number of fused-ring (bicyclic) bond motifs is 1. The van der Waals surface area contributed by atoms with Crippen molar-refractivity contribution in [2.75, 3.05) is 6.54 Å². The van der Waals surface area contributed by atoms with Gasteiger partial charge in [-0.05, 0) is 36.2 Å². The summed E-state index contributed by atoms with van der Waals surface area (Å²) < 4.78 is 0. The first kappa shape index (κ1) is 14.3. The number of aliphatic hydroxyl groups is 1. The number of benzene rings is 2. The molecule has 3 rings (SSSR count). The van der Waals surface area contributed by atoms with Gasteiger partial charge in [0.25, 0.3) is 5.91 Å². The van der Waals surface area contributed by atoms with Crippen molar-refractivity contribution in [2.24, 2.45) is 0 Å². The van der Waals surface area contributed by atoms with Gasteiger partial charge in [-0.1, -0.05) is 24.3 Å². The number of nitrogens with zero attached hydrogens (tertiary/aromatic N) is 1. The lowest BCUT2D eigenvalue weighted by molar-refractivity contribution is 0.0916. The SMILES string of the molecule is Cc1ccccc1C(O)CNC(=O)c1ccc2nc[nH]c2c1. The summed E-state index contributed by atoms with van der Waals surface area (Å²) in [5.41, 5.74) is 3.99. The number of hydrogen-bond donors (Lipinski definition) is 3. The largest absolute Gasteiger partial charge is 0.387 e. The standard InChI is InChI=1S/C17H17N3O2/c1-11-4-2-3-5-13(11)16(21)9-18-17(22)12-6-7-14-15(8-12)20-10-19-14/h2-8,10,16,21H,9H2,1H3,(H,18,22)(H,19,20). The first-order valence-electron chi connectivity index (χ1n) is 7.10. The number of carbonyl (C=O) groups excluding carboxylic acids is 1. The van der Waals surface area contributed by atoms with E-state index >= 15 is 0 Å². The predicted molar refractivity (Wildman–Crippen MR) is 84.6 cm³/mol. The minimum absolute atomic E-state index is 0.171. The molecule has 22 heavy (non-hydrogen) atoms. The highest BCUT2D eigenvalue weighted by Gasteiger charge is 2.13. The molecular weight excluding hydrogens is 278 g/mol. The molecule has 1 unspecified atom stereocenters. The zero-order valence-electron chi connectivity index (χ0n) is 12.2. The van der Waals surface area contributed by atoms with Crippen LogP contribution in [0.3, 0.4) is 0 Å². The fraction of sp³-hybridized carbons (Fsp3) is 0.176. The van der Waals surface area contributed by atoms with Crippen LogP contribution in [0.25, 0.3) is 11.0 Å². The number of carbonyl (C=O) groups is 1. The van der Waals surface area contributed by atoms with E-state index in [4.69, 9.17) is 0 Å². The van der Waals surface area contributed by atoms with Gasteiger partial charge >= 0.3 is 0 Å². The zero-order valence-corrected chi connectivity index (χ0v) is 12.2. The molecule has 0 aliphatic carbocycles. The Morgan fingerprint density at radius 3 is 2.95 bits per heavy atom. The van der Waals surface area contributed by atoms with E-state index in [1.807, 2.05) is 31.2 Å². The average molecular weight is 295 g/mol. The normalized spacial score (nSPS) is 12.3. The van der Waals surface area contributed by atoms with Crippen LogP contribution in [0.4, 0.5) is 0 Å². The lowest BCUT2D eigenvalue weighted by atomic mass is 10.0. The molecule has 0 aliphatic heterocycles. The van der Waals surface area contributed by atoms with Crippen molar-refractivity contribution in [2.45, 2.75) is 13.0 Å². The van der Waals surface area contributed by atoms with E-state index in [9.17, 15) is 9.90 Å². The summed E-state index contributed by atoms with van der Waals surface area (Å²) in [6, 6.07) is 12.9. The van der Waals surface area contributed by atoms with E-state index in [0.717, 1.165) is 22.2 Å². The van der Waals surface area contributed by atoms with Gasteiger partial charge in [0.05, 0.1) is 23.5 Å². The molecule has 2 aromatic carbocycles. The Morgan fingerprint density at radius 1 is 1.32 bits per heavy atom. The second-order valence-electron chi connectivity index (χ2n) is 5.22. The maximum absolute atomic E-state index is 12.2. The Hall–Kier alpha value is -2.66. The number of imidazole rings is 1. The molecule has 3 N–H and O–H groups in total. The van der Waals surface area contributed by atoms with Crippen LogP contribution in [0.2, 0.25) is 0 Å². The Bertz CT molecular complexity index is 810. The van der Waals surface area contributed by atoms with Gasteiger partial charge in [-0.15, -0.1) is 0 Å². The summed E-state index contributed by atoms with van der Waals surface area (Å²) >= 11 is 0. The highest BCUT2D eigenvalue weighted by molar-refractivity contribution is 5.97. The fourth-order valence-electron chi connectivity index (χ4n) is 2.44. The van der Waals surface area contributed by atoms with Crippen LogP contribution in [-0.4, -0.2) is 27.5 Å². The number of hydrogen-bond acceptors (Lipinski definition) is 3. The van der Waals surface area contributed by atoms with Crippen LogP contribution in [0.15, 0.2) is 48.8 Å². The minimum atomic E-state index is -0.721. The number of nitrogens with one attached hydrogen (secondary N) is 2. The predicted octanol–water partition coefficient (Wildman–Crippen LogP) is 2.33. The van der Waals surface area contributed by atoms with Crippen LogP contribution < -0.4 is 5.32 Å². The Kier molecular flexibility index (Phi) is 3.89. The molecule has 3 aromatic rings. The molecule has 112 valence electrons. The van der Waals surface area contributed by atoms with Crippen LogP contribution in [0.5, 0.6) is 0 Å². The first-order valence-corrected chi connectivity index (χ1v) is 7.10. The van der Waals surface area contributed by atoms with Crippen LogP contribution in [-0.2, 0) is 0 Å². The second kappa shape index (κ2) is 5.99. The van der Waals surface area contributed by atoms with E-state index in [0.29, 0.717) is 5.56 Å². The number of rotatable bonds is 4. The smallest absolute Gasteiger partial charge is 0.251 e. The topological polar surface area (TPSA) is 78.0 Å². The molecule has 0 bridgehead atoms. The van der Waals surface area contributed by atoms with Gasteiger partial charge in [-0.3, -0.25) is 4.79 Å². The zero-order chi connectivity index (χ0) is 15.5. The van der Waals surface area contributed by atoms with Gasteiger partial charge in [0, 0.05) is 12.1 Å². The molecule has 5 nitrogen and oxygen atoms in total. The van der Waals surface area contributed by atoms with E-state index < -0.39 is 6.10 Å². The van der Waals surface area contributed by atoms with Gasteiger partial charge in [0.2, 0.25) is 0 Å². The summed E-state index contributed by atoms with van der Waals surface area (Å²) in [7, 11) is 0. The molecule has 1 atom stereocenters. The molecule has 0 saturated carbocycles. The van der Waals surface area contributed by atoms with Crippen molar-refractivity contribution in [3.05, 3.63) is 65.5 Å². The molecule has 0 fully saturated rings. The van der Waals surface area contributed by atoms with Gasteiger partial charge in [0.1, 0.15) is 0 Å². The highest BCUT2D eigenvalue weighted by atomic mass is 16.3. The first-order chi connectivity index (χ1) is 10.6. The summed E-state index contributed by atoms with van der Waals surface area (Å²) in [6.07, 6.45) is 0.870. The second-order valence-corrected chi connectivity index (χ2v) is 5.22. The Labute approximate surface area is 128 Å². The Morgan fingerprint density at radius 2 is 2.14 bits per heavy atom. The van der Waals surface area contributed by atoms with Gasteiger partial charge in [0.15, 0.2) is 0 Å². The number of amides is 1. The average Bonchev–Trinajstić information content (AvgIpc) is 3.00. The molecule has 5 heteroatoms. The molecule has 1 amide bonds. The Balaban J connectivity index is 1.68. The van der Waals surface area contributed by atoms with Crippen molar-refractivity contribution in [3.8, 4) is 0 Å². The van der Waals surface area contributed by atoms with Crippen LogP contribution in [0.1, 0.15) is 27.6 Å². The number of aliphatic hydroxyl groups excluding tert-OH is 1. The molecular formula is C17H17N3O2. The van der Waals surface area contributed by atoms with Crippen LogP contribution >= 0.6 is 0 Å². The highest BCUT2D eigenvalue weighted by Crippen LogP contribution is 2.17. The van der Waals surface area contributed by atoms with Crippen molar-refractivity contribution < 1.29 is 9.90 Å². The summed E-state index contributed by atoms with van der Waals surface area (Å²) in [6.45, 7) is 2.11. The third-order valence-corrected chi connectivity index (χ3v) is 3.69. The number of aromatic nitrogens is 2. The van der Waals surface area contributed by atoms with Crippen molar-refractivity contribution in [1.82, 2.24) is 15.3 Å². The fourth-order valence-corrected chi connectivity index (χ4v) is 2.44. The summed E-state index contributed by atoms with van der Waals surface area (Å²) in [5, 5.41) is 13.0. The van der Waals surface area contributed by atoms with Crippen molar-refractivity contribution in [1.29, 1.82) is 0 Å². The van der Waals surface area contributed by atoms with E-state index in [1.165, 1.54) is 0 Å². The number of aryl methyl sites for hydroxylation is 1. The molecule has 0 aliphatic rings. The van der Waals surface area contributed by atoms with E-state index in [-0.39, 0.29) is 12.5 Å². The lowest BCUT2D eigenvalue weighted by Crippen LogP contribution is -2.28. The lowest BCUT2D eigenvalue weighted by Gasteiger charge is -2.14. The van der Waals surface area contributed by atoms with E-state index in [1.54, 1.807) is 24.5 Å². The van der Waals surface area contributed by atoms with Crippen molar-refractivity contribution in [3.63, 3.8) is 0 Å². The molecule has 1 heterocycles. The monoisotopic (exact) mass is 295 g/mol. The van der Waals surface area contributed by atoms with E-state index in [2.05, 4.69) is 15.3 Å². The molecule has 0 radical (unpaired) electrons. The quantitative estimate of drug-likeness (QED) is 0.691. The van der Waals surface area contributed by atoms with Crippen molar-refractivity contribution >= 4 is 16.9 Å². The van der Waals surface area contributed by atoms with Gasteiger partial charge in [-0.2, -0.15) is 0 Å². The molecule has 1 aromatic heterocycles. The minimum Gasteiger partial charge on any atom is -0.387 e. The van der Waals surface area contributed by atoms with Crippen LogP contribution in [0, 0.1) is 6.92 Å². The van der Waals surface area contributed by atoms with Gasteiger partial charge in [-0.25, -0.2) is 4.98 Å². The van der Waals surface area contributed by atoms with Gasteiger partial charge < -0.3 is 15.4 Å². The third kappa shape index (κ3) is 2.84. The maximum Gasteiger partial charge on any atom is 0.251 e. The summed E-state index contributed by atoms with van der Waals surface area (Å²) in [4.78, 5) is 19.3. The maximum atomic E-state index is 12.2. The summed E-state index contributed by atoms with van der Waals surface area (Å²) in [5.74, 6) is -0.218. The number of H-pyrrole nitrogens is 1. The molecule has 0 saturated heterocycles. The number of aromatic amines is 1. The molecule has 0 spiro atoms.